The van der Waals surface area contributed by atoms with Gasteiger partial charge in [-0.15, -0.1) is 0 Å². The topological polar surface area (TPSA) is 43.3 Å². The van der Waals surface area contributed by atoms with Crippen LogP contribution in [0.5, 0.6) is 0 Å². The zero-order valence-electron chi connectivity index (χ0n) is 12.8. The van der Waals surface area contributed by atoms with Crippen molar-refractivity contribution in [2.24, 2.45) is 4.99 Å². The Morgan fingerprint density at radius 1 is 1.21 bits per heavy atom. The van der Waals surface area contributed by atoms with Crippen molar-refractivity contribution in [1.29, 1.82) is 0 Å². The van der Waals surface area contributed by atoms with E-state index in [0.29, 0.717) is 0 Å². The Kier molecular flexibility index (Phi) is 7.78. The van der Waals surface area contributed by atoms with Crippen LogP contribution in [-0.2, 0) is 13.3 Å². The number of hydrogen-bond acceptors (Lipinski definition) is 5. The van der Waals surface area contributed by atoms with Gasteiger partial charge in [0.05, 0.1) is 0 Å². The molecule has 0 radical (unpaired) electrons. The SMILES string of the molecule is CCN1CCCC(=NCCC[Si](OC)(OC)OC)C1. The predicted molar refractivity (Wildman–Crippen MR) is 79.9 cm³/mol. The van der Waals surface area contributed by atoms with Gasteiger partial charge in [-0.3, -0.25) is 9.89 Å². The van der Waals surface area contributed by atoms with E-state index >= 15 is 0 Å². The predicted octanol–water partition coefficient (Wildman–Crippen LogP) is 1.81. The first-order chi connectivity index (χ1) is 9.19. The summed E-state index contributed by atoms with van der Waals surface area (Å²) in [5.74, 6) is 0. The summed E-state index contributed by atoms with van der Waals surface area (Å²) in [5.41, 5.74) is 1.34. The van der Waals surface area contributed by atoms with Gasteiger partial charge in [-0.1, -0.05) is 6.92 Å². The van der Waals surface area contributed by atoms with Crippen LogP contribution in [0.3, 0.4) is 0 Å². The van der Waals surface area contributed by atoms with Crippen molar-refractivity contribution in [3.8, 4) is 0 Å². The van der Waals surface area contributed by atoms with Crippen LogP contribution in [0.15, 0.2) is 4.99 Å². The van der Waals surface area contributed by atoms with Gasteiger partial charge >= 0.3 is 8.80 Å². The molecule has 1 fully saturated rings. The van der Waals surface area contributed by atoms with Crippen LogP contribution in [0.2, 0.25) is 6.04 Å². The molecule has 6 heteroatoms. The van der Waals surface area contributed by atoms with E-state index < -0.39 is 8.80 Å². The van der Waals surface area contributed by atoms with Crippen molar-refractivity contribution in [2.45, 2.75) is 32.2 Å². The van der Waals surface area contributed by atoms with E-state index in [1.54, 1.807) is 21.3 Å². The summed E-state index contributed by atoms with van der Waals surface area (Å²) >= 11 is 0. The highest BCUT2D eigenvalue weighted by atomic mass is 28.4. The van der Waals surface area contributed by atoms with E-state index in [0.717, 1.165) is 38.5 Å². The second kappa shape index (κ2) is 8.81. The molecule has 0 aromatic carbocycles. The molecule has 5 nitrogen and oxygen atoms in total. The van der Waals surface area contributed by atoms with Gasteiger partial charge in [0, 0.05) is 46.2 Å². The van der Waals surface area contributed by atoms with Crippen LogP contribution in [-0.4, -0.2) is 66.9 Å². The second-order valence-electron chi connectivity index (χ2n) is 4.82. The summed E-state index contributed by atoms with van der Waals surface area (Å²) in [5, 5.41) is 0. The number of hydrogen-bond donors (Lipinski definition) is 0. The maximum Gasteiger partial charge on any atom is 0.500 e. The zero-order valence-corrected chi connectivity index (χ0v) is 13.8. The van der Waals surface area contributed by atoms with Gasteiger partial charge in [-0.05, 0) is 32.4 Å². The van der Waals surface area contributed by atoms with Gasteiger partial charge in [0.15, 0.2) is 0 Å². The third kappa shape index (κ3) is 5.31. The molecule has 0 atom stereocenters. The normalized spacial score (nSPS) is 20.1. The van der Waals surface area contributed by atoms with E-state index in [-0.39, 0.29) is 0 Å². The monoisotopic (exact) mass is 288 g/mol. The fraction of sp³-hybridized carbons (Fsp3) is 0.923. The van der Waals surface area contributed by atoms with Gasteiger partial charge in [0.2, 0.25) is 0 Å². The quantitative estimate of drug-likeness (QED) is 0.505. The molecule has 0 spiro atoms. The molecule has 0 aromatic heterocycles. The molecule has 1 heterocycles. The Labute approximate surface area is 118 Å². The Morgan fingerprint density at radius 3 is 2.47 bits per heavy atom. The Bertz CT molecular complexity index is 275. The molecule has 0 bridgehead atoms. The van der Waals surface area contributed by atoms with Crippen LogP contribution < -0.4 is 0 Å². The van der Waals surface area contributed by atoms with Gasteiger partial charge in [-0.2, -0.15) is 0 Å². The van der Waals surface area contributed by atoms with Gasteiger partial charge in [0.25, 0.3) is 0 Å². The van der Waals surface area contributed by atoms with E-state index in [9.17, 15) is 0 Å². The maximum absolute atomic E-state index is 5.40. The molecule has 0 N–H and O–H groups in total. The van der Waals surface area contributed by atoms with Crippen molar-refractivity contribution in [3.05, 3.63) is 0 Å². The van der Waals surface area contributed by atoms with E-state index in [1.165, 1.54) is 18.7 Å². The van der Waals surface area contributed by atoms with Gasteiger partial charge in [-0.25, -0.2) is 0 Å². The summed E-state index contributed by atoms with van der Waals surface area (Å²) < 4.78 is 16.2. The smallest absolute Gasteiger partial charge is 0.377 e. The minimum absolute atomic E-state index is 0.824. The lowest BCUT2D eigenvalue weighted by Gasteiger charge is -2.26. The molecular formula is C13H28N2O3Si. The van der Waals surface area contributed by atoms with Crippen molar-refractivity contribution in [1.82, 2.24) is 4.90 Å². The van der Waals surface area contributed by atoms with Crippen LogP contribution in [0.4, 0.5) is 0 Å². The Balaban J connectivity index is 2.32. The molecule has 1 aliphatic heterocycles. The third-order valence-corrected chi connectivity index (χ3v) is 6.53. The van der Waals surface area contributed by atoms with E-state index in [4.69, 9.17) is 18.3 Å². The molecule has 19 heavy (non-hydrogen) atoms. The minimum Gasteiger partial charge on any atom is -0.377 e. The number of aliphatic imine (C=N–C) groups is 1. The maximum atomic E-state index is 5.40. The first-order valence-electron chi connectivity index (χ1n) is 7.09. The molecule has 1 rings (SSSR count). The summed E-state index contributed by atoms with van der Waals surface area (Å²) in [6, 6.07) is 0.824. The molecule has 0 unspecified atom stereocenters. The zero-order chi connectivity index (χ0) is 14.1. The molecule has 1 saturated heterocycles. The van der Waals surface area contributed by atoms with Crippen LogP contribution in [0, 0.1) is 0 Å². The average Bonchev–Trinajstić information content (AvgIpc) is 2.48. The number of nitrogens with zero attached hydrogens (tertiary/aromatic N) is 2. The molecule has 1 aliphatic rings. The van der Waals surface area contributed by atoms with Crippen LogP contribution in [0.25, 0.3) is 0 Å². The summed E-state index contributed by atoms with van der Waals surface area (Å²) in [4.78, 5) is 7.16. The molecular weight excluding hydrogens is 260 g/mol. The standard InChI is InChI=1S/C13H28N2O3Si/c1-5-15-10-6-8-13(12-15)14-9-7-11-19(16-2,17-3)18-4/h5-12H2,1-4H3. The van der Waals surface area contributed by atoms with Crippen molar-refractivity contribution >= 4 is 14.5 Å². The first-order valence-corrected chi connectivity index (χ1v) is 9.03. The summed E-state index contributed by atoms with van der Waals surface area (Å²) in [7, 11) is 2.57. The molecule has 0 aliphatic carbocycles. The fourth-order valence-electron chi connectivity index (χ4n) is 2.41. The van der Waals surface area contributed by atoms with Crippen LogP contribution >= 0.6 is 0 Å². The molecule has 0 amide bonds. The second-order valence-corrected chi connectivity index (χ2v) is 7.91. The first kappa shape index (κ1) is 16.8. The van der Waals surface area contributed by atoms with Crippen molar-refractivity contribution < 1.29 is 13.3 Å². The van der Waals surface area contributed by atoms with Crippen molar-refractivity contribution in [2.75, 3.05) is 47.5 Å². The number of likely N-dealkylation sites (tertiary alicyclic amines) is 1. The summed E-state index contributed by atoms with van der Waals surface area (Å²) in [6.07, 6.45) is 3.34. The Morgan fingerprint density at radius 2 is 1.89 bits per heavy atom. The van der Waals surface area contributed by atoms with E-state index in [1.807, 2.05) is 0 Å². The van der Waals surface area contributed by atoms with Gasteiger partial charge in [0.1, 0.15) is 0 Å². The highest BCUT2D eigenvalue weighted by Gasteiger charge is 2.36. The number of rotatable bonds is 8. The average molecular weight is 288 g/mol. The highest BCUT2D eigenvalue weighted by Crippen LogP contribution is 2.15. The lowest BCUT2D eigenvalue weighted by molar-refractivity contribution is 0.123. The molecule has 0 aromatic rings. The third-order valence-electron chi connectivity index (χ3n) is 3.70. The minimum atomic E-state index is -2.40. The lowest BCUT2D eigenvalue weighted by Crippen LogP contribution is -2.42. The molecule has 0 saturated carbocycles. The largest absolute Gasteiger partial charge is 0.500 e. The van der Waals surface area contributed by atoms with Crippen LogP contribution in [0.1, 0.15) is 26.2 Å². The van der Waals surface area contributed by atoms with E-state index in [2.05, 4.69) is 11.8 Å². The molecule has 112 valence electrons. The Hall–Kier alpha value is -0.273. The fourth-order valence-corrected chi connectivity index (χ4v) is 4.11. The lowest BCUT2D eigenvalue weighted by atomic mass is 10.1. The van der Waals surface area contributed by atoms with Crippen molar-refractivity contribution in [3.63, 3.8) is 0 Å². The highest BCUT2D eigenvalue weighted by molar-refractivity contribution is 6.60. The number of piperidine rings is 1. The van der Waals surface area contributed by atoms with Gasteiger partial charge < -0.3 is 13.3 Å². The summed E-state index contributed by atoms with van der Waals surface area (Å²) in [6.45, 7) is 6.42.